The van der Waals surface area contributed by atoms with Gasteiger partial charge in [-0.15, -0.1) is 0 Å². The first-order valence-electron chi connectivity index (χ1n) is 5.08. The normalized spacial score (nSPS) is 19.3. The topological polar surface area (TPSA) is 42.8 Å². The van der Waals surface area contributed by atoms with Crippen LogP contribution in [0.25, 0.3) is 0 Å². The van der Waals surface area contributed by atoms with E-state index in [9.17, 15) is 0 Å². The van der Waals surface area contributed by atoms with E-state index in [1.165, 1.54) is 10.6 Å². The minimum absolute atomic E-state index is 0.518. The number of aromatic nitrogens is 2. The van der Waals surface area contributed by atoms with Crippen molar-refractivity contribution in [3.63, 3.8) is 0 Å². The molecule has 3 nitrogen and oxygen atoms in total. The van der Waals surface area contributed by atoms with Gasteiger partial charge in [0.15, 0.2) is 0 Å². The molecule has 2 N–H and O–H groups in total. The summed E-state index contributed by atoms with van der Waals surface area (Å²) in [6.45, 7) is 4.23. The molecule has 15 heavy (non-hydrogen) atoms. The van der Waals surface area contributed by atoms with E-state index in [4.69, 9.17) is 5.73 Å². The number of thioether (sulfide) groups is 1. The molecule has 0 amide bonds. The SMILES string of the molecule is CCc1c(C)nc(N)[n+]2c1SC[C@H]2CI. The maximum absolute atomic E-state index is 6.00. The number of aryl methyl sites for hydroxylation is 1. The molecule has 0 radical (unpaired) electrons. The monoisotopic (exact) mass is 336 g/mol. The van der Waals surface area contributed by atoms with Crippen molar-refractivity contribution in [1.29, 1.82) is 0 Å². The summed E-state index contributed by atoms with van der Waals surface area (Å²) in [6.07, 6.45) is 1.04. The molecule has 0 aliphatic carbocycles. The molecule has 1 aromatic rings. The summed E-state index contributed by atoms with van der Waals surface area (Å²) in [5.41, 5.74) is 8.45. The van der Waals surface area contributed by atoms with Crippen LogP contribution in [-0.2, 0) is 6.42 Å². The van der Waals surface area contributed by atoms with Crippen LogP contribution in [0.15, 0.2) is 5.03 Å². The van der Waals surface area contributed by atoms with Gasteiger partial charge in [0.2, 0.25) is 0 Å². The van der Waals surface area contributed by atoms with E-state index in [1.54, 1.807) is 0 Å². The third-order valence-electron chi connectivity index (χ3n) is 2.75. The molecular formula is C10H15IN3S+. The molecule has 1 aliphatic rings. The molecule has 0 aromatic carbocycles. The zero-order chi connectivity index (χ0) is 11.0. The second kappa shape index (κ2) is 4.45. The fraction of sp³-hybridized carbons (Fsp3) is 0.600. The van der Waals surface area contributed by atoms with Crippen molar-refractivity contribution in [2.24, 2.45) is 0 Å². The highest BCUT2D eigenvalue weighted by Crippen LogP contribution is 2.32. The number of hydrogen-bond donors (Lipinski definition) is 1. The third kappa shape index (κ3) is 1.84. The zero-order valence-corrected chi connectivity index (χ0v) is 11.9. The molecule has 1 aliphatic heterocycles. The molecule has 0 saturated heterocycles. The number of nitrogens with zero attached hydrogens (tertiary/aromatic N) is 2. The predicted molar refractivity (Wildman–Crippen MR) is 71.6 cm³/mol. The lowest BCUT2D eigenvalue weighted by Crippen LogP contribution is -2.44. The van der Waals surface area contributed by atoms with Gasteiger partial charge in [-0.25, -0.2) is 4.57 Å². The Bertz CT molecular complexity index is 395. The second-order valence-electron chi connectivity index (χ2n) is 3.68. The number of anilines is 1. The zero-order valence-electron chi connectivity index (χ0n) is 8.96. The molecule has 2 rings (SSSR count). The molecule has 0 saturated carbocycles. The molecule has 0 fully saturated rings. The number of nitrogen functional groups attached to an aromatic ring is 1. The Labute approximate surface area is 108 Å². The van der Waals surface area contributed by atoms with Gasteiger partial charge in [0.1, 0.15) is 16.8 Å². The van der Waals surface area contributed by atoms with Gasteiger partial charge in [-0.2, -0.15) is 0 Å². The van der Waals surface area contributed by atoms with E-state index < -0.39 is 0 Å². The first-order chi connectivity index (χ1) is 7.19. The first kappa shape index (κ1) is 11.4. The highest BCUT2D eigenvalue weighted by molar-refractivity contribution is 14.1. The molecular weight excluding hydrogens is 321 g/mol. The predicted octanol–water partition coefficient (Wildman–Crippen LogP) is 1.90. The van der Waals surface area contributed by atoms with Crippen molar-refractivity contribution in [2.45, 2.75) is 31.3 Å². The highest BCUT2D eigenvalue weighted by atomic mass is 127. The standard InChI is InChI=1S/C10H14IN3S/c1-3-8-6(2)13-10(12)14-7(4-11)5-15-9(8)14/h7,12H,3-5H2,1-2H3/p+1/t7-/m1/s1. The maximum atomic E-state index is 6.00. The quantitative estimate of drug-likeness (QED) is 0.388. The third-order valence-corrected chi connectivity index (χ3v) is 5.04. The van der Waals surface area contributed by atoms with Crippen LogP contribution in [0.5, 0.6) is 0 Å². The Morgan fingerprint density at radius 3 is 3.00 bits per heavy atom. The largest absolute Gasteiger partial charge is 0.390 e. The minimum Gasteiger partial charge on any atom is -0.287 e. The molecule has 1 atom stereocenters. The van der Waals surface area contributed by atoms with Crippen molar-refractivity contribution in [3.05, 3.63) is 11.3 Å². The average Bonchev–Trinajstić information content (AvgIpc) is 2.62. The van der Waals surface area contributed by atoms with Gasteiger partial charge >= 0.3 is 5.95 Å². The summed E-state index contributed by atoms with van der Waals surface area (Å²) >= 11 is 4.34. The molecule has 0 bridgehead atoms. The van der Waals surface area contributed by atoms with Crippen molar-refractivity contribution in [3.8, 4) is 0 Å². The van der Waals surface area contributed by atoms with Crippen molar-refractivity contribution in [1.82, 2.24) is 4.98 Å². The van der Waals surface area contributed by atoms with Crippen LogP contribution in [0.1, 0.15) is 24.2 Å². The lowest BCUT2D eigenvalue weighted by atomic mass is 10.2. The fourth-order valence-electron chi connectivity index (χ4n) is 1.98. The van der Waals surface area contributed by atoms with Crippen LogP contribution in [0.2, 0.25) is 0 Å². The van der Waals surface area contributed by atoms with Gasteiger partial charge in [-0.1, -0.05) is 46.3 Å². The van der Waals surface area contributed by atoms with Gasteiger partial charge in [0.25, 0.3) is 0 Å². The van der Waals surface area contributed by atoms with Crippen molar-refractivity contribution >= 4 is 40.3 Å². The summed E-state index contributed by atoms with van der Waals surface area (Å²) in [7, 11) is 0. The van der Waals surface area contributed by atoms with Crippen LogP contribution >= 0.6 is 34.4 Å². The summed E-state index contributed by atoms with van der Waals surface area (Å²) in [4.78, 5) is 4.44. The van der Waals surface area contributed by atoms with Crippen molar-refractivity contribution in [2.75, 3.05) is 15.9 Å². The lowest BCUT2D eigenvalue weighted by molar-refractivity contribution is -0.731. The Morgan fingerprint density at radius 1 is 1.67 bits per heavy atom. The van der Waals surface area contributed by atoms with Gasteiger partial charge in [0, 0.05) is 15.7 Å². The number of nitrogens with two attached hydrogens (primary N) is 1. The first-order valence-corrected chi connectivity index (χ1v) is 7.59. The Morgan fingerprint density at radius 2 is 2.40 bits per heavy atom. The number of halogens is 1. The molecule has 2 heterocycles. The Hall–Kier alpha value is -0.0400. The van der Waals surface area contributed by atoms with E-state index in [0.717, 1.165) is 22.3 Å². The summed E-state index contributed by atoms with van der Waals surface area (Å²) < 4.78 is 3.31. The van der Waals surface area contributed by atoms with Crippen LogP contribution in [0, 0.1) is 6.92 Å². The Balaban J connectivity index is 2.60. The lowest BCUT2D eigenvalue weighted by Gasteiger charge is -2.10. The molecule has 82 valence electrons. The number of fused-ring (bicyclic) bond motifs is 1. The number of alkyl halides is 1. The second-order valence-corrected chi connectivity index (χ2v) is 5.57. The van der Waals surface area contributed by atoms with Gasteiger partial charge in [-0.3, -0.25) is 5.73 Å². The van der Waals surface area contributed by atoms with Gasteiger partial charge in [0.05, 0.1) is 0 Å². The van der Waals surface area contributed by atoms with E-state index >= 15 is 0 Å². The average molecular weight is 336 g/mol. The molecule has 0 unspecified atom stereocenters. The number of hydrogen-bond acceptors (Lipinski definition) is 3. The molecule has 1 aromatic heterocycles. The van der Waals surface area contributed by atoms with Gasteiger partial charge in [-0.05, 0) is 13.3 Å². The summed E-state index contributed by atoms with van der Waals surface area (Å²) in [5, 5.41) is 1.34. The highest BCUT2D eigenvalue weighted by Gasteiger charge is 2.32. The Kier molecular flexibility index (Phi) is 3.39. The summed E-state index contributed by atoms with van der Waals surface area (Å²) in [5.74, 6) is 1.80. The smallest absolute Gasteiger partial charge is 0.287 e. The molecule has 5 heteroatoms. The van der Waals surface area contributed by atoms with Crippen molar-refractivity contribution < 1.29 is 4.57 Å². The molecule has 0 spiro atoms. The minimum atomic E-state index is 0.518. The van der Waals surface area contributed by atoms with E-state index in [1.807, 2.05) is 18.7 Å². The number of rotatable bonds is 2. The van der Waals surface area contributed by atoms with Gasteiger partial charge < -0.3 is 0 Å². The maximum Gasteiger partial charge on any atom is 0.390 e. The van der Waals surface area contributed by atoms with E-state index in [0.29, 0.717) is 12.0 Å². The van der Waals surface area contributed by atoms with E-state index in [2.05, 4.69) is 39.1 Å². The summed E-state index contributed by atoms with van der Waals surface area (Å²) in [6, 6.07) is 0.518. The van der Waals surface area contributed by atoms with E-state index in [-0.39, 0.29) is 0 Å². The van der Waals surface area contributed by atoms with Crippen LogP contribution in [-0.4, -0.2) is 15.2 Å². The van der Waals surface area contributed by atoms with Crippen LogP contribution < -0.4 is 10.3 Å². The van der Waals surface area contributed by atoms with Crippen LogP contribution in [0.3, 0.4) is 0 Å². The van der Waals surface area contributed by atoms with Crippen LogP contribution in [0.4, 0.5) is 5.95 Å². The fourth-order valence-corrected chi connectivity index (χ4v) is 4.57.